The molecule has 400 valence electrons. The van der Waals surface area contributed by atoms with E-state index < -0.39 is 29.3 Å². The molecule has 5 aliphatic rings. The summed E-state index contributed by atoms with van der Waals surface area (Å²) in [7, 11) is 14.8. The van der Waals surface area contributed by atoms with E-state index >= 15 is 0 Å². The van der Waals surface area contributed by atoms with Crippen LogP contribution in [-0.2, 0) is 21.0 Å². The summed E-state index contributed by atoms with van der Waals surface area (Å²) in [5, 5.41) is 9.37. The summed E-state index contributed by atoms with van der Waals surface area (Å²) < 4.78 is 4.35. The van der Waals surface area contributed by atoms with Gasteiger partial charge in [-0.1, -0.05) is 205 Å². The van der Waals surface area contributed by atoms with Crippen LogP contribution in [0.25, 0.3) is 33.4 Å². The van der Waals surface area contributed by atoms with E-state index in [1.165, 1.54) is 45.0 Å². The van der Waals surface area contributed by atoms with Crippen LogP contribution >= 0.6 is 30.1 Å². The Balaban J connectivity index is 0.000000124. The number of aromatic carboxylic acids is 1. The highest BCUT2D eigenvalue weighted by atomic mass is 35.8. The van der Waals surface area contributed by atoms with Gasteiger partial charge in [0.25, 0.3) is 0 Å². The van der Waals surface area contributed by atoms with Crippen LogP contribution in [0.4, 0.5) is 0 Å². The van der Waals surface area contributed by atoms with E-state index in [9.17, 15) is 33.9 Å². The predicted octanol–water partition coefficient (Wildman–Crippen LogP) is 16.4. The summed E-state index contributed by atoms with van der Waals surface area (Å²) in [6.45, 7) is 13.3. The van der Waals surface area contributed by atoms with Gasteiger partial charge in [0.15, 0.2) is 17.3 Å². The lowest BCUT2D eigenvalue weighted by atomic mass is 9.78. The largest absolute Gasteiger partial charge is 0.643 e. The molecule has 0 saturated carbocycles. The molecule has 0 radical (unpaired) electrons. The first-order chi connectivity index (χ1) is 38.6. The highest BCUT2D eigenvalue weighted by Gasteiger charge is 2.40. The number of benzene rings is 9. The molecule has 8 nitrogen and oxygen atoms in total. The smallest absolute Gasteiger partial charge is 0.478 e. The Morgan fingerprint density at radius 2 is 0.667 bits per heavy atom. The fourth-order valence-corrected chi connectivity index (χ4v) is 11.9. The van der Waals surface area contributed by atoms with Gasteiger partial charge in [-0.3, -0.25) is 14.4 Å². The topological polar surface area (TPSA) is 132 Å². The second kappa shape index (κ2) is 22.2. The number of rotatable bonds is 3. The number of carbonyl (C=O) groups is 6. The third-order valence-corrected chi connectivity index (χ3v) is 15.9. The Labute approximate surface area is 487 Å². The average molecular weight is 1140 g/mol. The van der Waals surface area contributed by atoms with Crippen LogP contribution in [0.15, 0.2) is 200 Å². The van der Waals surface area contributed by atoms with Crippen molar-refractivity contribution in [1.82, 2.24) is 0 Å². The Bertz CT molecular complexity index is 4020. The van der Waals surface area contributed by atoms with Crippen LogP contribution in [0, 0.1) is 0 Å². The quantitative estimate of drug-likeness (QED) is 0.0801. The molecule has 12 heteroatoms. The van der Waals surface area contributed by atoms with E-state index in [0.717, 1.165) is 27.8 Å². The number of hydrogen-bond acceptors (Lipinski definition) is 7. The van der Waals surface area contributed by atoms with Gasteiger partial charge in [-0.15, -0.1) is 0 Å². The number of esters is 2. The van der Waals surface area contributed by atoms with E-state index in [1.807, 2.05) is 54.6 Å². The molecule has 9 aromatic rings. The lowest BCUT2D eigenvalue weighted by molar-refractivity contribution is 0.0442. The van der Waals surface area contributed by atoms with Gasteiger partial charge in [0.05, 0.1) is 16.7 Å². The van der Waals surface area contributed by atoms with Crippen molar-refractivity contribution in [2.45, 2.75) is 57.8 Å². The minimum absolute atomic E-state index is 0.0283. The number of carboxylic acid groups (broad SMARTS) is 1. The van der Waals surface area contributed by atoms with Gasteiger partial charge in [0.1, 0.15) is 0 Å². The summed E-state index contributed by atoms with van der Waals surface area (Å²) in [4.78, 5) is 72.1. The van der Waals surface area contributed by atoms with Gasteiger partial charge >= 0.3 is 29.3 Å². The van der Waals surface area contributed by atoms with Crippen molar-refractivity contribution in [2.75, 3.05) is 0 Å². The monoisotopic (exact) mass is 1140 g/mol. The Morgan fingerprint density at radius 1 is 0.358 bits per heavy atom. The molecular formula is C69H52AlCl3O8. The molecule has 0 unspecified atom stereocenters. The molecule has 0 atom stereocenters. The maximum Gasteiger partial charge on any atom is 0.643 e. The van der Waals surface area contributed by atoms with Crippen LogP contribution < -0.4 is 0 Å². The molecule has 14 rings (SSSR count). The second-order valence-electron chi connectivity index (χ2n) is 21.6. The minimum atomic E-state index is -1.72. The molecule has 9 aromatic carbocycles. The molecule has 81 heavy (non-hydrogen) atoms. The SMILES string of the molecule is CC1(C)c2ccccc2-c2cc3c(cc21)C(=O)c1ccccc1C3=O.CC1(C)c2ccccc2-c2ccc(C(=O)c3ccccc3C(=O)O)cc21.CC1(C)c2ccccc2-c2ccccc21.O=C1OC(=O)c2ccccc21.[Cl][Al]([Cl])[Cl]. The first-order valence-electron chi connectivity index (χ1n) is 26.2. The predicted molar refractivity (Wildman–Crippen MR) is 322 cm³/mol. The van der Waals surface area contributed by atoms with E-state index in [4.69, 9.17) is 30.1 Å². The fraction of sp³-hybridized carbons (Fsp3) is 0.130. The van der Waals surface area contributed by atoms with Gasteiger partial charge in [-0.2, -0.15) is 0 Å². The van der Waals surface area contributed by atoms with Crippen molar-refractivity contribution in [3.63, 3.8) is 0 Å². The molecule has 0 amide bonds. The highest BCUT2D eigenvalue weighted by molar-refractivity contribution is 7.54. The normalized spacial score (nSPS) is 14.6. The Morgan fingerprint density at radius 3 is 1.09 bits per heavy atom. The van der Waals surface area contributed by atoms with Gasteiger partial charge < -0.3 is 9.84 Å². The summed E-state index contributed by atoms with van der Waals surface area (Å²) >= 11 is -1.72. The fourth-order valence-electron chi connectivity index (χ4n) is 11.9. The Hall–Kier alpha value is -8.00. The van der Waals surface area contributed by atoms with Crippen molar-refractivity contribution >= 4 is 76.8 Å². The molecule has 0 bridgehead atoms. The van der Waals surface area contributed by atoms with Gasteiger partial charge in [0, 0.05) is 49.6 Å². The standard InChI is InChI=1S/C23H18O3.C23H16O2.C15H14.C8H4O3.Al.3ClH/c1-23(2)19-10-6-5-7-15(19)16-12-11-14(13-20(16)23)21(24)17-8-3-4-9-18(17)22(25)26;1-23(2)19-10-6-5-7-13(19)16-11-17-18(12-20(16)23)22(25)15-9-4-3-8-14(15)21(17)24;1-15(2)13-9-5-3-7-11(13)12-8-4-6-10-14(12)15;9-7-5-3-1-2-4-6(5)8(10)11-7;;;;/h3-13H,1-2H3,(H,25,26);3-12H,1-2H3;3-10H,1-2H3;1-4H;;3*1H/q;;;;+3;;;/p-3. The van der Waals surface area contributed by atoms with Gasteiger partial charge in [-0.25, -0.2) is 44.5 Å². The number of fused-ring (bicyclic) bond motifs is 12. The van der Waals surface area contributed by atoms with Crippen molar-refractivity contribution in [2.24, 2.45) is 0 Å². The van der Waals surface area contributed by atoms with Crippen LogP contribution in [0.2, 0.25) is 0 Å². The maximum atomic E-state index is 13.0. The van der Waals surface area contributed by atoms with Crippen molar-refractivity contribution < 1.29 is 38.6 Å². The maximum absolute atomic E-state index is 13.0. The lowest BCUT2D eigenvalue weighted by Crippen LogP contribution is -2.22. The number of hydrogen-bond donors (Lipinski definition) is 1. The third kappa shape index (κ3) is 10.2. The molecule has 0 spiro atoms. The number of carbonyl (C=O) groups excluding carboxylic acids is 5. The zero-order valence-electron chi connectivity index (χ0n) is 45.1. The van der Waals surface area contributed by atoms with E-state index in [-0.39, 0.29) is 44.7 Å². The van der Waals surface area contributed by atoms with E-state index in [1.54, 1.807) is 66.7 Å². The van der Waals surface area contributed by atoms with Crippen molar-refractivity contribution in [1.29, 1.82) is 0 Å². The second-order valence-corrected chi connectivity index (χ2v) is 28.0. The molecule has 1 aliphatic heterocycles. The number of halogens is 3. The molecule has 4 aliphatic carbocycles. The third-order valence-electron chi connectivity index (χ3n) is 15.9. The van der Waals surface area contributed by atoms with Crippen LogP contribution in [0.1, 0.15) is 154 Å². The summed E-state index contributed by atoms with van der Waals surface area (Å²) in [6.07, 6.45) is 0. The number of cyclic esters (lactones) is 2. The van der Waals surface area contributed by atoms with Crippen LogP contribution in [0.3, 0.4) is 0 Å². The number of ether oxygens (including phenoxy) is 1. The summed E-state index contributed by atoms with van der Waals surface area (Å²) in [6, 6.07) is 63.5. The highest BCUT2D eigenvalue weighted by Crippen LogP contribution is 2.52. The molecule has 0 aromatic heterocycles. The Kier molecular flexibility index (Phi) is 15.4. The van der Waals surface area contributed by atoms with Crippen molar-refractivity contribution in [3.8, 4) is 33.4 Å². The number of carboxylic acids is 1. The first-order valence-corrected chi connectivity index (χ1v) is 31.4. The van der Waals surface area contributed by atoms with Crippen LogP contribution in [0.5, 0.6) is 0 Å². The summed E-state index contributed by atoms with van der Waals surface area (Å²) in [5.74, 6) is -2.58. The van der Waals surface area contributed by atoms with Crippen LogP contribution in [-0.4, -0.2) is 51.7 Å². The van der Waals surface area contributed by atoms with E-state index in [0.29, 0.717) is 38.9 Å². The summed E-state index contributed by atoms with van der Waals surface area (Å²) in [5.41, 5.74) is 18.3. The number of ketones is 3. The first kappa shape index (κ1) is 56.3. The molecule has 1 heterocycles. The van der Waals surface area contributed by atoms with Crippen molar-refractivity contribution in [3.05, 3.63) is 284 Å². The zero-order valence-corrected chi connectivity index (χ0v) is 48.5. The molecule has 0 saturated heterocycles. The van der Waals surface area contributed by atoms with Gasteiger partial charge in [0.2, 0.25) is 0 Å². The molecular weight excluding hydrogens is 1090 g/mol. The molecule has 0 fully saturated rings. The minimum Gasteiger partial charge on any atom is -0.478 e. The molecule has 1 N–H and O–H groups in total. The lowest BCUT2D eigenvalue weighted by Gasteiger charge is -2.24. The van der Waals surface area contributed by atoms with E-state index in [2.05, 4.69) is 119 Å². The zero-order chi connectivity index (χ0) is 57.7. The average Bonchev–Trinajstić information content (AvgIpc) is 4.10. The van der Waals surface area contributed by atoms with Gasteiger partial charge in [-0.05, 0) is 103 Å².